The van der Waals surface area contributed by atoms with Crippen molar-refractivity contribution in [1.82, 2.24) is 0 Å². The van der Waals surface area contributed by atoms with Gasteiger partial charge in [0.15, 0.2) is 11.5 Å². The number of hydrogen-bond acceptors (Lipinski definition) is 5. The molecule has 0 spiro atoms. The number of methoxy groups -OCH3 is 2. The third-order valence-electron chi connectivity index (χ3n) is 2.37. The standard InChI is InChI=1S/C12H20N2O2S/c1-8(7-17-4)14-10-6-12(16-3)11(15-2)5-9(10)13/h5-6,8,14H,7,13H2,1-4H3. The number of benzene rings is 1. The first-order chi connectivity index (χ1) is 8.12. The van der Waals surface area contributed by atoms with Gasteiger partial charge in [0.1, 0.15) is 0 Å². The van der Waals surface area contributed by atoms with Crippen molar-refractivity contribution in [2.45, 2.75) is 13.0 Å². The summed E-state index contributed by atoms with van der Waals surface area (Å²) in [5.41, 5.74) is 7.50. The molecule has 0 saturated carbocycles. The molecule has 17 heavy (non-hydrogen) atoms. The maximum Gasteiger partial charge on any atom is 0.162 e. The third-order valence-corrected chi connectivity index (χ3v) is 3.21. The summed E-state index contributed by atoms with van der Waals surface area (Å²) >= 11 is 1.79. The van der Waals surface area contributed by atoms with Crippen molar-refractivity contribution in [3.05, 3.63) is 12.1 Å². The quantitative estimate of drug-likeness (QED) is 0.766. The van der Waals surface area contributed by atoms with Gasteiger partial charge in [0.05, 0.1) is 25.6 Å². The highest BCUT2D eigenvalue weighted by atomic mass is 32.2. The predicted molar refractivity (Wildman–Crippen MR) is 75.4 cm³/mol. The SMILES string of the molecule is COc1cc(N)c(NC(C)CSC)cc1OC. The van der Waals surface area contributed by atoms with Crippen LogP contribution in [-0.2, 0) is 0 Å². The van der Waals surface area contributed by atoms with Gasteiger partial charge in [-0.3, -0.25) is 0 Å². The minimum atomic E-state index is 0.352. The van der Waals surface area contributed by atoms with E-state index in [0.29, 0.717) is 23.2 Å². The minimum absolute atomic E-state index is 0.352. The van der Waals surface area contributed by atoms with E-state index in [9.17, 15) is 0 Å². The van der Waals surface area contributed by atoms with E-state index < -0.39 is 0 Å². The maximum atomic E-state index is 5.96. The number of hydrogen-bond donors (Lipinski definition) is 2. The zero-order valence-electron chi connectivity index (χ0n) is 10.7. The molecule has 0 fully saturated rings. The second-order valence-electron chi connectivity index (χ2n) is 3.80. The van der Waals surface area contributed by atoms with Gasteiger partial charge in [-0.05, 0) is 13.2 Å². The first-order valence-electron chi connectivity index (χ1n) is 5.39. The van der Waals surface area contributed by atoms with Crippen molar-refractivity contribution < 1.29 is 9.47 Å². The Morgan fingerprint density at radius 1 is 1.29 bits per heavy atom. The summed E-state index contributed by atoms with van der Waals surface area (Å²) in [4.78, 5) is 0. The van der Waals surface area contributed by atoms with E-state index in [2.05, 4.69) is 18.5 Å². The summed E-state index contributed by atoms with van der Waals surface area (Å²) in [5, 5.41) is 3.36. The molecule has 0 bridgehead atoms. The van der Waals surface area contributed by atoms with Crippen molar-refractivity contribution in [1.29, 1.82) is 0 Å². The highest BCUT2D eigenvalue weighted by Gasteiger charge is 2.10. The fraction of sp³-hybridized carbons (Fsp3) is 0.500. The topological polar surface area (TPSA) is 56.5 Å². The number of nitrogens with one attached hydrogen (secondary N) is 1. The van der Waals surface area contributed by atoms with Gasteiger partial charge in [-0.25, -0.2) is 0 Å². The smallest absolute Gasteiger partial charge is 0.162 e. The van der Waals surface area contributed by atoms with E-state index in [0.717, 1.165) is 11.4 Å². The van der Waals surface area contributed by atoms with Crippen LogP contribution in [0.4, 0.5) is 11.4 Å². The van der Waals surface area contributed by atoms with Crippen LogP contribution in [0.2, 0.25) is 0 Å². The second-order valence-corrected chi connectivity index (χ2v) is 4.71. The van der Waals surface area contributed by atoms with Gasteiger partial charge < -0.3 is 20.5 Å². The van der Waals surface area contributed by atoms with Crippen LogP contribution in [-0.4, -0.2) is 32.3 Å². The third kappa shape index (κ3) is 3.63. The van der Waals surface area contributed by atoms with E-state index >= 15 is 0 Å². The van der Waals surface area contributed by atoms with Crippen LogP contribution >= 0.6 is 11.8 Å². The molecular weight excluding hydrogens is 236 g/mol. The summed E-state index contributed by atoms with van der Waals surface area (Å²) in [5.74, 6) is 2.35. The minimum Gasteiger partial charge on any atom is -0.493 e. The van der Waals surface area contributed by atoms with Crippen LogP contribution in [0.15, 0.2) is 12.1 Å². The van der Waals surface area contributed by atoms with Gasteiger partial charge in [0, 0.05) is 23.9 Å². The highest BCUT2D eigenvalue weighted by Crippen LogP contribution is 2.35. The zero-order chi connectivity index (χ0) is 12.8. The average Bonchev–Trinajstić information content (AvgIpc) is 2.31. The summed E-state index contributed by atoms with van der Waals surface area (Å²) < 4.78 is 10.4. The van der Waals surface area contributed by atoms with Crippen molar-refractivity contribution in [2.75, 3.05) is 37.3 Å². The number of rotatable bonds is 6. The molecule has 1 unspecified atom stereocenters. The Labute approximate surface area is 107 Å². The highest BCUT2D eigenvalue weighted by molar-refractivity contribution is 7.98. The first kappa shape index (κ1) is 13.8. The van der Waals surface area contributed by atoms with Crippen molar-refractivity contribution in [3.8, 4) is 11.5 Å². The Morgan fingerprint density at radius 2 is 1.88 bits per heavy atom. The predicted octanol–water partition coefficient (Wildman–Crippen LogP) is 2.45. The van der Waals surface area contributed by atoms with Gasteiger partial charge in [-0.15, -0.1) is 0 Å². The zero-order valence-corrected chi connectivity index (χ0v) is 11.6. The largest absolute Gasteiger partial charge is 0.493 e. The molecule has 1 aromatic rings. The van der Waals surface area contributed by atoms with Crippen LogP contribution in [0.3, 0.4) is 0 Å². The van der Waals surface area contributed by atoms with E-state index in [-0.39, 0.29) is 0 Å². The number of anilines is 2. The molecule has 0 amide bonds. The molecule has 96 valence electrons. The van der Waals surface area contributed by atoms with Gasteiger partial charge in [-0.2, -0.15) is 11.8 Å². The van der Waals surface area contributed by atoms with Crippen LogP contribution in [0, 0.1) is 0 Å². The molecule has 1 atom stereocenters. The Morgan fingerprint density at radius 3 is 2.41 bits per heavy atom. The lowest BCUT2D eigenvalue weighted by Gasteiger charge is -2.18. The summed E-state index contributed by atoms with van der Waals surface area (Å²) in [6.07, 6.45) is 2.08. The van der Waals surface area contributed by atoms with Crippen molar-refractivity contribution in [3.63, 3.8) is 0 Å². The Balaban J connectivity index is 2.92. The van der Waals surface area contributed by atoms with Gasteiger partial charge >= 0.3 is 0 Å². The van der Waals surface area contributed by atoms with Crippen LogP contribution in [0.25, 0.3) is 0 Å². The molecule has 5 heteroatoms. The van der Waals surface area contributed by atoms with Gasteiger partial charge in [0.25, 0.3) is 0 Å². The van der Waals surface area contributed by atoms with Crippen LogP contribution in [0.5, 0.6) is 11.5 Å². The normalized spacial score (nSPS) is 12.0. The fourth-order valence-corrected chi connectivity index (χ4v) is 2.16. The molecule has 3 N–H and O–H groups in total. The molecule has 1 aromatic carbocycles. The average molecular weight is 256 g/mol. The maximum absolute atomic E-state index is 5.96. The molecule has 0 radical (unpaired) electrons. The summed E-state index contributed by atoms with van der Waals surface area (Å²) in [6.45, 7) is 2.12. The van der Waals surface area contributed by atoms with Crippen LogP contribution < -0.4 is 20.5 Å². The van der Waals surface area contributed by atoms with Crippen molar-refractivity contribution in [2.24, 2.45) is 0 Å². The Kier molecular flexibility index (Phi) is 5.28. The number of nitrogen functional groups attached to an aromatic ring is 1. The molecule has 0 aromatic heterocycles. The monoisotopic (exact) mass is 256 g/mol. The molecule has 0 saturated heterocycles. The first-order valence-corrected chi connectivity index (χ1v) is 6.78. The van der Waals surface area contributed by atoms with Gasteiger partial charge in [0.2, 0.25) is 0 Å². The molecule has 0 aliphatic carbocycles. The molecular formula is C12H20N2O2S. The fourth-order valence-electron chi connectivity index (χ4n) is 1.58. The Bertz CT molecular complexity index is 372. The molecule has 4 nitrogen and oxygen atoms in total. The lowest BCUT2D eigenvalue weighted by Crippen LogP contribution is -2.18. The number of ether oxygens (including phenoxy) is 2. The van der Waals surface area contributed by atoms with E-state index in [1.54, 1.807) is 32.0 Å². The number of nitrogens with two attached hydrogens (primary N) is 1. The van der Waals surface area contributed by atoms with Crippen LogP contribution in [0.1, 0.15) is 6.92 Å². The van der Waals surface area contributed by atoms with E-state index in [1.807, 2.05) is 6.07 Å². The molecule has 1 rings (SSSR count). The lowest BCUT2D eigenvalue weighted by molar-refractivity contribution is 0.355. The lowest BCUT2D eigenvalue weighted by atomic mass is 10.2. The molecule has 0 aliphatic heterocycles. The summed E-state index contributed by atoms with van der Waals surface area (Å²) in [6, 6.07) is 3.99. The van der Waals surface area contributed by atoms with Crippen molar-refractivity contribution >= 4 is 23.1 Å². The molecule has 0 aliphatic rings. The van der Waals surface area contributed by atoms with E-state index in [4.69, 9.17) is 15.2 Å². The van der Waals surface area contributed by atoms with E-state index in [1.165, 1.54) is 0 Å². The second kappa shape index (κ2) is 6.49. The molecule has 0 heterocycles. The van der Waals surface area contributed by atoms with Gasteiger partial charge in [-0.1, -0.05) is 0 Å². The Hall–Kier alpha value is -1.23. The number of thioether (sulfide) groups is 1. The summed E-state index contributed by atoms with van der Waals surface area (Å²) in [7, 11) is 3.21.